The molecule has 6 nitrogen and oxygen atoms in total. The maximum absolute atomic E-state index is 12.7. The third-order valence-corrected chi connectivity index (χ3v) is 7.19. The first kappa shape index (κ1) is 22.0. The minimum Gasteiger partial charge on any atom is -0.356 e. The average molecular weight is 429 g/mol. The molecule has 2 amide bonds. The van der Waals surface area contributed by atoms with E-state index in [0.717, 1.165) is 18.4 Å². The van der Waals surface area contributed by atoms with Crippen molar-refractivity contribution in [2.24, 2.45) is 5.92 Å². The number of rotatable bonds is 7. The van der Waals surface area contributed by atoms with Gasteiger partial charge in [0.25, 0.3) is 5.91 Å². The molecule has 1 aliphatic heterocycles. The number of nitrogens with zero attached hydrogens (tertiary/aromatic N) is 1. The summed E-state index contributed by atoms with van der Waals surface area (Å²) in [6.45, 7) is 3.31. The maximum atomic E-state index is 12.7. The fraction of sp³-hybridized carbons (Fsp3) is 0.391. The molecular formula is C23H28N2O4S. The highest BCUT2D eigenvalue weighted by Gasteiger charge is 2.28. The van der Waals surface area contributed by atoms with Crippen LogP contribution in [0.25, 0.3) is 0 Å². The second-order valence-corrected chi connectivity index (χ2v) is 9.84. The monoisotopic (exact) mass is 428 g/mol. The summed E-state index contributed by atoms with van der Waals surface area (Å²) in [5.41, 5.74) is 1.73. The SMILES string of the molecule is Cc1ccc(C(=O)N2CCCC(C(=O)NCCCS(=O)(=O)c3ccccc3)C2)cc1. The smallest absolute Gasteiger partial charge is 0.253 e. The largest absolute Gasteiger partial charge is 0.356 e. The maximum Gasteiger partial charge on any atom is 0.253 e. The number of sulfone groups is 1. The first-order valence-corrected chi connectivity index (χ1v) is 11.9. The van der Waals surface area contributed by atoms with Gasteiger partial charge in [0.2, 0.25) is 5.91 Å². The van der Waals surface area contributed by atoms with Gasteiger partial charge < -0.3 is 10.2 Å². The number of amides is 2. The van der Waals surface area contributed by atoms with E-state index in [4.69, 9.17) is 0 Å². The fourth-order valence-corrected chi connectivity index (χ4v) is 4.95. The molecule has 0 saturated carbocycles. The zero-order valence-electron chi connectivity index (χ0n) is 17.2. The Morgan fingerprint density at radius 1 is 1.07 bits per heavy atom. The van der Waals surface area contributed by atoms with Crippen LogP contribution in [0.1, 0.15) is 35.2 Å². The summed E-state index contributed by atoms with van der Waals surface area (Å²) in [6.07, 6.45) is 1.85. The summed E-state index contributed by atoms with van der Waals surface area (Å²) < 4.78 is 24.6. The van der Waals surface area contributed by atoms with Gasteiger partial charge in [-0.2, -0.15) is 0 Å². The van der Waals surface area contributed by atoms with Crippen LogP contribution in [-0.2, 0) is 14.6 Å². The lowest BCUT2D eigenvalue weighted by molar-refractivity contribution is -0.126. The second-order valence-electron chi connectivity index (χ2n) is 7.73. The van der Waals surface area contributed by atoms with Crippen molar-refractivity contribution in [2.75, 3.05) is 25.4 Å². The minimum absolute atomic E-state index is 0.0139. The van der Waals surface area contributed by atoms with E-state index in [1.54, 1.807) is 35.2 Å². The van der Waals surface area contributed by atoms with E-state index in [2.05, 4.69) is 5.32 Å². The van der Waals surface area contributed by atoms with Crippen molar-refractivity contribution in [3.63, 3.8) is 0 Å². The Kier molecular flexibility index (Phi) is 7.26. The van der Waals surface area contributed by atoms with Crippen molar-refractivity contribution >= 4 is 21.7 Å². The van der Waals surface area contributed by atoms with E-state index in [0.29, 0.717) is 36.5 Å². The van der Waals surface area contributed by atoms with Crippen LogP contribution < -0.4 is 5.32 Å². The van der Waals surface area contributed by atoms with Crippen LogP contribution in [0, 0.1) is 12.8 Å². The van der Waals surface area contributed by atoms with E-state index in [1.807, 2.05) is 31.2 Å². The molecule has 1 fully saturated rings. The number of likely N-dealkylation sites (tertiary alicyclic amines) is 1. The molecule has 3 rings (SSSR count). The van der Waals surface area contributed by atoms with E-state index >= 15 is 0 Å². The summed E-state index contributed by atoms with van der Waals surface area (Å²) in [5.74, 6) is -0.450. The molecule has 1 saturated heterocycles. The Labute approximate surface area is 178 Å². The molecule has 1 N–H and O–H groups in total. The van der Waals surface area contributed by atoms with Gasteiger partial charge in [-0.05, 0) is 50.5 Å². The highest BCUT2D eigenvalue weighted by Crippen LogP contribution is 2.19. The van der Waals surface area contributed by atoms with Gasteiger partial charge in [-0.1, -0.05) is 35.9 Å². The molecular weight excluding hydrogens is 400 g/mol. The van der Waals surface area contributed by atoms with Crippen molar-refractivity contribution < 1.29 is 18.0 Å². The standard InChI is InChI=1S/C23H28N2O4S/c1-18-10-12-19(13-11-18)23(27)25-15-5-7-20(17-25)22(26)24-14-6-16-30(28,29)21-8-3-2-4-9-21/h2-4,8-13,20H,5-7,14-17H2,1H3,(H,24,26). The van der Waals surface area contributed by atoms with Crippen molar-refractivity contribution in [1.29, 1.82) is 0 Å². The molecule has 0 spiro atoms. The molecule has 0 radical (unpaired) electrons. The number of piperidine rings is 1. The zero-order valence-corrected chi connectivity index (χ0v) is 18.0. The molecule has 1 heterocycles. The number of benzene rings is 2. The first-order chi connectivity index (χ1) is 14.4. The van der Waals surface area contributed by atoms with Crippen LogP contribution in [0.2, 0.25) is 0 Å². The number of carbonyl (C=O) groups is 2. The van der Waals surface area contributed by atoms with Gasteiger partial charge in [-0.25, -0.2) is 8.42 Å². The Morgan fingerprint density at radius 2 is 1.77 bits per heavy atom. The van der Waals surface area contributed by atoms with Gasteiger partial charge >= 0.3 is 0 Å². The summed E-state index contributed by atoms with van der Waals surface area (Å²) >= 11 is 0. The molecule has 1 unspecified atom stereocenters. The van der Waals surface area contributed by atoms with Crippen molar-refractivity contribution in [1.82, 2.24) is 10.2 Å². The molecule has 1 atom stereocenters. The van der Waals surface area contributed by atoms with Crippen LogP contribution in [0.3, 0.4) is 0 Å². The lowest BCUT2D eigenvalue weighted by Gasteiger charge is -2.32. The number of hydrogen-bond acceptors (Lipinski definition) is 4. The molecule has 2 aromatic carbocycles. The summed E-state index contributed by atoms with van der Waals surface area (Å²) in [4.78, 5) is 27.3. The Morgan fingerprint density at radius 3 is 2.47 bits per heavy atom. The molecule has 0 aromatic heterocycles. The van der Waals surface area contributed by atoms with Gasteiger partial charge in [0, 0.05) is 25.2 Å². The van der Waals surface area contributed by atoms with Crippen LogP contribution in [0.5, 0.6) is 0 Å². The Hall–Kier alpha value is -2.67. The van der Waals surface area contributed by atoms with Gasteiger partial charge in [0.15, 0.2) is 9.84 Å². The lowest BCUT2D eigenvalue weighted by Crippen LogP contribution is -2.45. The molecule has 0 aliphatic carbocycles. The van der Waals surface area contributed by atoms with Crippen LogP contribution in [0.4, 0.5) is 0 Å². The highest BCUT2D eigenvalue weighted by atomic mass is 32.2. The predicted molar refractivity (Wildman–Crippen MR) is 116 cm³/mol. The topological polar surface area (TPSA) is 83.6 Å². The highest BCUT2D eigenvalue weighted by molar-refractivity contribution is 7.91. The summed E-state index contributed by atoms with van der Waals surface area (Å²) in [5, 5.41) is 2.84. The van der Waals surface area contributed by atoms with Gasteiger partial charge in [0.1, 0.15) is 0 Å². The third kappa shape index (κ3) is 5.69. The molecule has 2 aromatic rings. The molecule has 7 heteroatoms. The van der Waals surface area contributed by atoms with Crippen LogP contribution >= 0.6 is 0 Å². The number of carbonyl (C=O) groups excluding carboxylic acids is 2. The molecule has 160 valence electrons. The van der Waals surface area contributed by atoms with Gasteiger partial charge in [-0.3, -0.25) is 9.59 Å². The van der Waals surface area contributed by atoms with Crippen LogP contribution in [0.15, 0.2) is 59.5 Å². The number of aryl methyl sites for hydroxylation is 1. The Balaban J connectivity index is 1.47. The van der Waals surface area contributed by atoms with E-state index in [1.165, 1.54) is 0 Å². The van der Waals surface area contributed by atoms with Crippen molar-refractivity contribution in [3.8, 4) is 0 Å². The Bertz CT molecular complexity index is 972. The molecule has 0 bridgehead atoms. The molecule has 30 heavy (non-hydrogen) atoms. The zero-order chi connectivity index (χ0) is 21.6. The fourth-order valence-electron chi connectivity index (χ4n) is 3.62. The van der Waals surface area contributed by atoms with Crippen LogP contribution in [-0.4, -0.2) is 50.5 Å². The first-order valence-electron chi connectivity index (χ1n) is 10.3. The average Bonchev–Trinajstić information content (AvgIpc) is 2.77. The summed E-state index contributed by atoms with van der Waals surface area (Å²) in [7, 11) is -3.34. The number of hydrogen-bond donors (Lipinski definition) is 1. The summed E-state index contributed by atoms with van der Waals surface area (Å²) in [6, 6.07) is 15.8. The van der Waals surface area contributed by atoms with E-state index in [9.17, 15) is 18.0 Å². The van der Waals surface area contributed by atoms with Crippen molar-refractivity contribution in [2.45, 2.75) is 31.1 Å². The van der Waals surface area contributed by atoms with E-state index < -0.39 is 9.84 Å². The normalized spacial score (nSPS) is 16.8. The second kappa shape index (κ2) is 9.89. The predicted octanol–water partition coefficient (Wildman–Crippen LogP) is 2.83. The third-order valence-electron chi connectivity index (χ3n) is 5.37. The van der Waals surface area contributed by atoms with Crippen molar-refractivity contribution in [3.05, 3.63) is 65.7 Å². The van der Waals surface area contributed by atoms with Gasteiger partial charge in [-0.15, -0.1) is 0 Å². The number of nitrogens with one attached hydrogen (secondary N) is 1. The molecule has 1 aliphatic rings. The minimum atomic E-state index is -3.34. The quantitative estimate of drug-likeness (QED) is 0.688. The van der Waals surface area contributed by atoms with E-state index in [-0.39, 0.29) is 23.5 Å². The lowest BCUT2D eigenvalue weighted by atomic mass is 9.96. The van der Waals surface area contributed by atoms with Gasteiger partial charge in [0.05, 0.1) is 16.6 Å².